The van der Waals surface area contributed by atoms with Gasteiger partial charge in [0.15, 0.2) is 0 Å². The van der Waals surface area contributed by atoms with Crippen LogP contribution in [0.3, 0.4) is 0 Å². The van der Waals surface area contributed by atoms with Crippen molar-refractivity contribution in [2.45, 2.75) is 0 Å². The second-order valence-corrected chi connectivity index (χ2v) is 55.4. The van der Waals surface area contributed by atoms with Gasteiger partial charge < -0.3 is 0 Å². The maximum Gasteiger partial charge on any atom is 0.0594 e. The minimum Gasteiger partial charge on any atom is 0.000000117 e. The zero-order valence-electron chi connectivity index (χ0n) is 97.3. The molecule has 494 valence electrons. The standard InChI is InChI=1S/B123H125/c1-63-94(62)110(95(64(2)3)65(4)5)118(111(96(66(6)7)67(8)9)97(68(10)11)69(12)13)122(119(112(98(70(14)15)71(16)17)99(72(18)19)73(20)21)113(100(74(22)23)75(24)25)101(76(26)27)77(28)29)123(120(114(102(78(30)31)79(32)33)103(80(34)35)81(36)37)115(104(82(38)39)83(40)41)105(84(42)43)85(44)45)121(116(106(86(46)47)87(48)49)107(88(50)51)89(52)53)117(108(90(54)55)91(56)57)109(92(58)59)93(60)61/h63H,1-62H2. The third-order valence-electron chi connectivity index (χ3n) is 36.8. The summed E-state index contributed by atoms with van der Waals surface area (Å²) in [5.41, 5.74) is 0. The smallest absolute Gasteiger partial charge is 0.000000117 e. The second-order valence-electron chi connectivity index (χ2n) is 55.4. The highest BCUT2D eigenvalue weighted by Crippen LogP contribution is 2.33. The van der Waals surface area contributed by atoms with Crippen LogP contribution in [0.4, 0.5) is 0 Å². The van der Waals surface area contributed by atoms with Crippen LogP contribution in [0.1, 0.15) is 0 Å². The third-order valence-corrected chi connectivity index (χ3v) is 36.8. The topological polar surface area (TPSA) is 0 Å². The van der Waals surface area contributed by atoms with Gasteiger partial charge in [-0.15, -0.1) is 0 Å². The highest BCUT2D eigenvalue weighted by Gasteiger charge is 2.72. The number of rotatable bonds is 60. The summed E-state index contributed by atoms with van der Waals surface area (Å²) in [5, 5.41) is 0. The summed E-state index contributed by atoms with van der Waals surface area (Å²) < 4.78 is 0. The van der Waals surface area contributed by atoms with Gasteiger partial charge in [-0.05, 0) is 0 Å². The molecule has 0 aromatic heterocycles. The molecule has 0 N–H and O–H groups in total. The van der Waals surface area contributed by atoms with Gasteiger partial charge in [-0.2, -0.15) is 0 Å². The van der Waals surface area contributed by atoms with Gasteiger partial charge in [0.2, 0.25) is 0 Å². The summed E-state index contributed by atoms with van der Waals surface area (Å²) in [6, 6.07) is 0. The van der Waals surface area contributed by atoms with E-state index in [1.807, 2.05) is 0 Å². The molecule has 0 aromatic rings. The van der Waals surface area contributed by atoms with Crippen LogP contribution in [0, 0.1) is 0 Å². The quantitative estimate of drug-likeness (QED) is 0.0533. The lowest BCUT2D eigenvalue weighted by atomic mass is 8.17. The van der Waals surface area contributed by atoms with Crippen LogP contribution in [0.25, 0.3) is 0 Å². The van der Waals surface area contributed by atoms with Crippen LogP contribution in [0.5, 0.6) is 0 Å². The van der Waals surface area contributed by atoms with E-state index in [0.29, 0.717) is 383 Å². The first-order valence-corrected chi connectivity index (χ1v) is 56.0. The van der Waals surface area contributed by atoms with Crippen molar-refractivity contribution in [2.75, 3.05) is 0 Å². The van der Waals surface area contributed by atoms with Gasteiger partial charge >= 0.3 is 0 Å². The fourth-order valence-corrected chi connectivity index (χ4v) is 36.2. The Hall–Kier alpha value is 7.99. The van der Waals surface area contributed by atoms with Crippen molar-refractivity contribution in [2.24, 2.45) is 0 Å². The maximum atomic E-state index is 2.99. The van der Waals surface area contributed by atoms with Gasteiger partial charge in [-0.25, -0.2) is 0 Å². The lowest BCUT2D eigenvalue weighted by molar-refractivity contribution is 3.11. The molecule has 0 rings (SSSR count). The Morgan fingerprint density at radius 1 is 0.0732 bits per heavy atom. The van der Waals surface area contributed by atoms with E-state index in [2.05, 4.69) is 480 Å². The Bertz CT molecular complexity index is 2170. The van der Waals surface area contributed by atoms with Crippen LogP contribution < -0.4 is 0 Å². The molecule has 0 amide bonds. The molecule has 0 radical (unpaired) electrons. The normalized spacial score (nSPS) is 9.85. The van der Waals surface area contributed by atoms with Crippen LogP contribution in [0.2, 0.25) is 0 Å². The molecule has 0 bridgehead atoms. The van der Waals surface area contributed by atoms with Crippen molar-refractivity contribution in [3.63, 3.8) is 0 Å². The van der Waals surface area contributed by atoms with Crippen LogP contribution in [0.15, 0.2) is 0 Å². The molecule has 123 heteroatoms. The van der Waals surface area contributed by atoms with E-state index in [9.17, 15) is 0 Å². The molecule has 0 atom stereocenters. The molecular weight excluding hydrogens is 1330 g/mol. The fraction of sp³-hybridized carbons (Fsp3) is 0. The second kappa shape index (κ2) is 60.6. The van der Waals surface area contributed by atoms with Gasteiger partial charge in [0, 0.05) is 390 Å². The molecule has 0 aliphatic rings. The van der Waals surface area contributed by atoms with Crippen LogP contribution in [-0.4, -0.2) is 870 Å². The van der Waals surface area contributed by atoms with Crippen LogP contribution >= 0.6 is 0 Å². The molecule has 0 aromatic carbocycles. The highest BCUT2D eigenvalue weighted by atomic mass is 13.5. The van der Waals surface area contributed by atoms with Crippen LogP contribution in [-0.2, 0) is 0 Å². The van der Waals surface area contributed by atoms with E-state index in [0.717, 1.165) is 0 Å². The van der Waals surface area contributed by atoms with Crippen molar-refractivity contribution in [1.29, 1.82) is 0 Å². The molecular formula is H125B123. The summed E-state index contributed by atoms with van der Waals surface area (Å²) in [6.45, 7) is 0. The monoisotopic (exact) mass is 1480 g/mol. The average Bonchev–Trinajstić information content (AvgIpc) is 0.700. The van der Waals surface area contributed by atoms with Gasteiger partial charge in [0.1, 0.15) is 0 Å². The molecule has 0 saturated heterocycles. The molecule has 0 aliphatic carbocycles. The first kappa shape index (κ1) is 131. The van der Waals surface area contributed by atoms with Crippen molar-refractivity contribution in [3.8, 4) is 0 Å². The van der Waals surface area contributed by atoms with E-state index in [1.54, 1.807) is 0 Å². The third kappa shape index (κ3) is 35.2. The maximum absolute atomic E-state index is 2.99. The first-order valence-electron chi connectivity index (χ1n) is 56.0. The Morgan fingerprint density at radius 3 is 0.179 bits per heavy atom. The van der Waals surface area contributed by atoms with Crippen molar-refractivity contribution in [3.05, 3.63) is 0 Å². The van der Waals surface area contributed by atoms with E-state index < -0.39 is 0 Å². The zero-order chi connectivity index (χ0) is 97.3. The predicted octanol–water partition coefficient (Wildman–Crippen LogP) is -80.3. The number of hydrogen-bond donors (Lipinski definition) is 0. The van der Waals surface area contributed by atoms with Gasteiger partial charge in [0.25, 0.3) is 0 Å². The van der Waals surface area contributed by atoms with Crippen molar-refractivity contribution in [1.82, 2.24) is 0 Å². The SMILES string of the molecule is BBB(B)B(B(B(B)B)B(B)B)B(B(B(B(B)B)B(B)B)B(B(B)B)B(B)B)B(B(B(B(B(B)B)B(B)B)B(B(B)B)B(B)B)B(B(B(B)B)B(B)B)B(B(B)B)B(B)B)B(B(B(B(B(B)B)B(B)B)B(B(B)B)B(B)B)B(B(B(B)B)B(B)B)B(B(B)B)B(B)B)B(B(B(B(B)B)B(B)B)B(B(B)B)B(B)B)B(B(B(B)B)B(B)B)B(B(B)B)B(B)B. The molecule has 123 heavy (non-hydrogen) atoms. The van der Waals surface area contributed by atoms with E-state index in [4.69, 9.17) is 0 Å². The first-order chi connectivity index (χ1) is 56.0. The molecule has 0 fully saturated rings. The van der Waals surface area contributed by atoms with E-state index in [1.165, 1.54) is 7.06 Å². The largest absolute Gasteiger partial charge is 0.0594 e. The minimum atomic E-state index is 0.323. The van der Waals surface area contributed by atoms with Crippen molar-refractivity contribution >= 4 is 870 Å². The van der Waals surface area contributed by atoms with Crippen molar-refractivity contribution < 1.29 is 0 Å². The fourth-order valence-electron chi connectivity index (χ4n) is 36.2. The Morgan fingerprint density at radius 2 is 0.122 bits per heavy atom. The molecule has 0 unspecified atom stereocenters. The highest BCUT2D eigenvalue weighted by molar-refractivity contribution is 8.46. The summed E-state index contributed by atoms with van der Waals surface area (Å²) in [7, 11) is 177. The van der Waals surface area contributed by atoms with E-state index in [-0.39, 0.29) is 0 Å². The summed E-state index contributed by atoms with van der Waals surface area (Å²) >= 11 is 0. The average molecular weight is 1460 g/mol. The Kier molecular flexibility index (Phi) is 64.5. The van der Waals surface area contributed by atoms with Gasteiger partial charge in [-0.1, -0.05) is 0 Å². The zero-order valence-corrected chi connectivity index (χ0v) is 97.3. The van der Waals surface area contributed by atoms with E-state index >= 15 is 0 Å². The summed E-state index contributed by atoms with van der Waals surface area (Å²) in [5.74, 6) is 0. The Labute approximate surface area is 860 Å². The predicted molar refractivity (Wildman–Crippen MR) is 882 cm³/mol. The molecule has 0 heterocycles. The molecule has 0 nitrogen and oxygen atoms in total. The number of hydrogen-bond acceptors (Lipinski definition) is 0. The Balaban J connectivity index is 16.9. The van der Waals surface area contributed by atoms with Gasteiger partial charge in [0.05, 0.1) is 480 Å². The lowest BCUT2D eigenvalue weighted by Gasteiger charge is -2.64. The molecule has 0 spiro atoms. The lowest BCUT2D eigenvalue weighted by Crippen LogP contribution is -3.03. The minimum absolute atomic E-state index is 0.323. The summed E-state index contributed by atoms with van der Waals surface area (Å²) in [6.07, 6.45) is 28.1. The molecule has 0 aliphatic heterocycles. The summed E-state index contributed by atoms with van der Waals surface area (Å²) in [4.78, 5) is 0. The van der Waals surface area contributed by atoms with Gasteiger partial charge in [-0.3, -0.25) is 0 Å². The molecule has 0 saturated carbocycles.